The smallest absolute Gasteiger partial charge is 0.251 e. The molecule has 0 bridgehead atoms. The van der Waals surface area contributed by atoms with E-state index in [0.29, 0.717) is 5.56 Å². The van der Waals surface area contributed by atoms with Gasteiger partial charge in [-0.3, -0.25) is 4.79 Å². The van der Waals surface area contributed by atoms with Crippen LogP contribution in [0.25, 0.3) is 0 Å². The second-order valence-electron chi connectivity index (χ2n) is 6.01. The molecule has 2 aromatic rings. The van der Waals surface area contributed by atoms with E-state index < -0.39 is 0 Å². The van der Waals surface area contributed by atoms with Crippen LogP contribution in [0.15, 0.2) is 53.7 Å². The highest BCUT2D eigenvalue weighted by Crippen LogP contribution is 2.24. The molecule has 0 aliphatic rings. The number of methoxy groups -OCH3 is 1. The van der Waals surface area contributed by atoms with E-state index in [1.165, 1.54) is 7.11 Å². The van der Waals surface area contributed by atoms with E-state index >= 15 is 0 Å². The van der Waals surface area contributed by atoms with Crippen molar-refractivity contribution in [1.82, 2.24) is 5.32 Å². The molecule has 0 aromatic heterocycles. The summed E-state index contributed by atoms with van der Waals surface area (Å²) in [5, 5.41) is 6.82. The van der Waals surface area contributed by atoms with Gasteiger partial charge in [0.25, 0.3) is 5.91 Å². The Hall–Kier alpha value is -2.82. The Labute approximate surface area is 148 Å². The molecule has 0 fully saturated rings. The topological polar surface area (TPSA) is 59.9 Å². The molecule has 0 aliphatic carbocycles. The van der Waals surface area contributed by atoms with E-state index in [9.17, 15) is 4.79 Å². The first-order valence-electron chi connectivity index (χ1n) is 8.16. The molecule has 2 aromatic carbocycles. The number of hydrogen-bond acceptors (Lipinski definition) is 4. The molecule has 25 heavy (non-hydrogen) atoms. The van der Waals surface area contributed by atoms with Crippen LogP contribution >= 0.6 is 0 Å². The fourth-order valence-corrected chi connectivity index (χ4v) is 2.50. The van der Waals surface area contributed by atoms with Crippen LogP contribution in [0.2, 0.25) is 0 Å². The zero-order valence-corrected chi connectivity index (χ0v) is 15.0. The molecule has 2 rings (SSSR count). The first-order chi connectivity index (χ1) is 12.0. The van der Waals surface area contributed by atoms with E-state index in [-0.39, 0.29) is 17.9 Å². The number of benzene rings is 2. The van der Waals surface area contributed by atoms with Crippen molar-refractivity contribution in [1.29, 1.82) is 0 Å². The second-order valence-corrected chi connectivity index (χ2v) is 6.01. The Balaban J connectivity index is 2.12. The number of ether oxygens (including phenoxy) is 1. The van der Waals surface area contributed by atoms with Crippen molar-refractivity contribution in [3.05, 3.63) is 65.2 Å². The molecule has 0 saturated heterocycles. The molecule has 0 heterocycles. The molecule has 1 atom stereocenters. The minimum absolute atomic E-state index is 0.0758. The summed E-state index contributed by atoms with van der Waals surface area (Å²) in [5.74, 6) is 0.945. The average molecular weight is 340 g/mol. The van der Waals surface area contributed by atoms with Gasteiger partial charge < -0.3 is 14.9 Å². The highest BCUT2D eigenvalue weighted by Gasteiger charge is 2.19. The molecule has 1 amide bonds. The maximum absolute atomic E-state index is 12.6. The van der Waals surface area contributed by atoms with Gasteiger partial charge in [0.05, 0.1) is 19.4 Å². The van der Waals surface area contributed by atoms with E-state index in [1.807, 2.05) is 36.4 Å². The van der Waals surface area contributed by atoms with Gasteiger partial charge in [0.2, 0.25) is 0 Å². The summed E-state index contributed by atoms with van der Waals surface area (Å²) in [7, 11) is 3.13. The van der Waals surface area contributed by atoms with Crippen molar-refractivity contribution in [3.63, 3.8) is 0 Å². The number of nitrogens with zero attached hydrogens (tertiary/aromatic N) is 1. The minimum Gasteiger partial charge on any atom is -0.497 e. The second kappa shape index (κ2) is 8.87. The fourth-order valence-electron chi connectivity index (χ4n) is 2.50. The predicted octanol–water partition coefficient (Wildman–Crippen LogP) is 3.80. The quantitative estimate of drug-likeness (QED) is 0.616. The number of oxime groups is 1. The number of carbonyl (C=O) groups is 1. The van der Waals surface area contributed by atoms with Crippen molar-refractivity contribution in [2.24, 2.45) is 11.1 Å². The monoisotopic (exact) mass is 340 g/mol. The molecule has 1 N–H and O–H groups in total. The third-order valence-corrected chi connectivity index (χ3v) is 3.91. The summed E-state index contributed by atoms with van der Waals surface area (Å²) in [6, 6.07) is 14.9. The van der Waals surface area contributed by atoms with Gasteiger partial charge in [0, 0.05) is 5.56 Å². The Kier molecular flexibility index (Phi) is 6.57. The summed E-state index contributed by atoms with van der Waals surface area (Å²) in [6.07, 6.45) is 1.59. The molecule has 0 saturated carbocycles. The lowest BCUT2D eigenvalue weighted by molar-refractivity contribution is 0.0925. The van der Waals surface area contributed by atoms with Gasteiger partial charge >= 0.3 is 0 Å². The lowest BCUT2D eigenvalue weighted by Crippen LogP contribution is -2.31. The number of nitrogens with one attached hydrogen (secondary N) is 1. The van der Waals surface area contributed by atoms with Crippen LogP contribution in [0.5, 0.6) is 5.75 Å². The normalized spacial score (nSPS) is 12.2. The van der Waals surface area contributed by atoms with Crippen molar-refractivity contribution in [2.45, 2.75) is 19.9 Å². The largest absolute Gasteiger partial charge is 0.497 e. The van der Waals surface area contributed by atoms with E-state index in [1.54, 1.807) is 25.5 Å². The fraction of sp³-hybridized carbons (Fsp3) is 0.300. The van der Waals surface area contributed by atoms with Crippen LogP contribution in [0.4, 0.5) is 0 Å². The highest BCUT2D eigenvalue weighted by molar-refractivity contribution is 5.95. The van der Waals surface area contributed by atoms with Crippen LogP contribution in [0.3, 0.4) is 0 Å². The first kappa shape index (κ1) is 18.5. The molecule has 5 heteroatoms. The number of rotatable bonds is 7. The molecule has 132 valence electrons. The molecule has 1 unspecified atom stereocenters. The van der Waals surface area contributed by atoms with Gasteiger partial charge in [-0.05, 0) is 41.3 Å². The van der Waals surface area contributed by atoms with Crippen molar-refractivity contribution in [3.8, 4) is 5.75 Å². The number of amides is 1. The van der Waals surface area contributed by atoms with Gasteiger partial charge in [-0.1, -0.05) is 43.3 Å². The molecule has 0 spiro atoms. The van der Waals surface area contributed by atoms with Gasteiger partial charge in [-0.2, -0.15) is 0 Å². The first-order valence-corrected chi connectivity index (χ1v) is 8.16. The third-order valence-electron chi connectivity index (χ3n) is 3.91. The Morgan fingerprint density at radius 3 is 2.20 bits per heavy atom. The summed E-state index contributed by atoms with van der Waals surface area (Å²) >= 11 is 0. The van der Waals surface area contributed by atoms with Gasteiger partial charge in [-0.15, -0.1) is 0 Å². The minimum atomic E-state index is -0.107. The van der Waals surface area contributed by atoms with Crippen LogP contribution in [-0.2, 0) is 4.84 Å². The maximum Gasteiger partial charge on any atom is 0.251 e. The molecular formula is C20H24N2O3. The average Bonchev–Trinajstić information content (AvgIpc) is 2.64. The summed E-state index contributed by atoms with van der Waals surface area (Å²) in [6.45, 7) is 4.17. The Morgan fingerprint density at radius 2 is 1.68 bits per heavy atom. The number of carbonyl (C=O) groups excluding carboxylic acids is 1. The van der Waals surface area contributed by atoms with Crippen LogP contribution < -0.4 is 10.1 Å². The third kappa shape index (κ3) is 5.08. The summed E-state index contributed by atoms with van der Waals surface area (Å²) in [5.41, 5.74) is 2.52. The summed E-state index contributed by atoms with van der Waals surface area (Å²) in [4.78, 5) is 17.2. The van der Waals surface area contributed by atoms with Crippen molar-refractivity contribution >= 4 is 12.1 Å². The predicted molar refractivity (Wildman–Crippen MR) is 99.1 cm³/mol. The molecule has 5 nitrogen and oxygen atoms in total. The standard InChI is InChI=1S/C20H24N2O3/c1-14(2)19(16-9-11-18(24-3)12-10-16)22-20(23)17-7-5-15(6-8-17)13-21-25-4/h5-14,19H,1-4H3,(H,22,23)/b21-13+. The summed E-state index contributed by atoms with van der Waals surface area (Å²) < 4.78 is 5.19. The molecule has 0 radical (unpaired) electrons. The SMILES string of the molecule is CO/N=C/c1ccc(C(=O)NC(c2ccc(OC)cc2)C(C)C)cc1. The van der Waals surface area contributed by atoms with Crippen LogP contribution in [-0.4, -0.2) is 26.3 Å². The zero-order valence-electron chi connectivity index (χ0n) is 15.0. The Bertz CT molecular complexity index is 707. The van der Waals surface area contributed by atoms with Crippen LogP contribution in [0, 0.1) is 5.92 Å². The number of hydrogen-bond donors (Lipinski definition) is 1. The van der Waals surface area contributed by atoms with E-state index in [2.05, 4.69) is 29.2 Å². The maximum atomic E-state index is 12.6. The lowest BCUT2D eigenvalue weighted by Gasteiger charge is -2.23. The molecule has 0 aliphatic heterocycles. The lowest BCUT2D eigenvalue weighted by atomic mass is 9.95. The van der Waals surface area contributed by atoms with Gasteiger partial charge in [0.1, 0.15) is 12.9 Å². The van der Waals surface area contributed by atoms with Gasteiger partial charge in [0.15, 0.2) is 0 Å². The molecular weight excluding hydrogens is 316 g/mol. The van der Waals surface area contributed by atoms with Crippen molar-refractivity contribution < 1.29 is 14.4 Å². The van der Waals surface area contributed by atoms with E-state index in [4.69, 9.17) is 4.74 Å². The zero-order chi connectivity index (χ0) is 18.2. The Morgan fingerprint density at radius 1 is 1.04 bits per heavy atom. The van der Waals surface area contributed by atoms with Crippen molar-refractivity contribution in [2.75, 3.05) is 14.2 Å². The van der Waals surface area contributed by atoms with E-state index in [0.717, 1.165) is 16.9 Å². The highest BCUT2D eigenvalue weighted by atomic mass is 16.6. The van der Waals surface area contributed by atoms with Crippen LogP contribution in [0.1, 0.15) is 41.4 Å². The van der Waals surface area contributed by atoms with Gasteiger partial charge in [-0.25, -0.2) is 0 Å².